The van der Waals surface area contributed by atoms with E-state index in [1.807, 2.05) is 31.3 Å². The highest BCUT2D eigenvalue weighted by molar-refractivity contribution is 5.76. The number of rotatable bonds is 5. The summed E-state index contributed by atoms with van der Waals surface area (Å²) in [6, 6.07) is 7.52. The van der Waals surface area contributed by atoms with Crippen LogP contribution in [0.3, 0.4) is 0 Å². The van der Waals surface area contributed by atoms with Gasteiger partial charge >= 0.3 is 0 Å². The lowest BCUT2D eigenvalue weighted by molar-refractivity contribution is -0.106. The van der Waals surface area contributed by atoms with E-state index in [2.05, 4.69) is 5.10 Å². The summed E-state index contributed by atoms with van der Waals surface area (Å²) in [4.78, 5) is 10.1. The van der Waals surface area contributed by atoms with Gasteiger partial charge in [0.2, 0.25) is 0 Å². The first kappa shape index (κ1) is 11.2. The third-order valence-electron chi connectivity index (χ3n) is 1.90. The summed E-state index contributed by atoms with van der Waals surface area (Å²) in [5, 5.41) is 5.77. The fourth-order valence-electron chi connectivity index (χ4n) is 1.08. The molecule has 0 aliphatic heterocycles. The molecule has 0 saturated carbocycles. The van der Waals surface area contributed by atoms with Gasteiger partial charge < -0.3 is 9.53 Å². The molecule has 0 heterocycles. The average molecular weight is 206 g/mol. The summed E-state index contributed by atoms with van der Waals surface area (Å²) in [6.07, 6.45) is 2.71. The number of carbonyl (C=O) groups is 1. The molecule has 1 rings (SSSR count). The Kier molecular flexibility index (Phi) is 4.34. The largest absolute Gasteiger partial charge is 0.497 e. The van der Waals surface area contributed by atoms with Crippen molar-refractivity contribution >= 4 is 18.2 Å². The summed E-state index contributed by atoms with van der Waals surface area (Å²) in [5.41, 5.74) is 0.943. The maximum atomic E-state index is 10.1. The topological polar surface area (TPSA) is 41.9 Å². The first-order valence-electron chi connectivity index (χ1n) is 4.61. The van der Waals surface area contributed by atoms with Crippen LogP contribution in [-0.4, -0.2) is 26.7 Å². The van der Waals surface area contributed by atoms with Gasteiger partial charge in [-0.05, 0) is 24.3 Å². The Morgan fingerprint density at radius 1 is 1.40 bits per heavy atom. The summed E-state index contributed by atoms with van der Waals surface area (Å²) in [7, 11) is 3.45. The van der Waals surface area contributed by atoms with Crippen LogP contribution in [0.25, 0.3) is 0 Å². The zero-order valence-corrected chi connectivity index (χ0v) is 8.88. The Bertz CT molecular complexity index is 333. The van der Waals surface area contributed by atoms with E-state index in [9.17, 15) is 4.79 Å². The summed E-state index contributed by atoms with van der Waals surface area (Å²) < 4.78 is 5.04. The number of carbonyl (C=O) groups excluding carboxylic acids is 1. The van der Waals surface area contributed by atoms with E-state index in [0.29, 0.717) is 6.42 Å². The molecule has 0 unspecified atom stereocenters. The molecular formula is C11H14N2O2. The summed E-state index contributed by atoms with van der Waals surface area (Å²) in [5.74, 6) is 0.809. The van der Waals surface area contributed by atoms with Gasteiger partial charge in [0.15, 0.2) is 0 Å². The third kappa shape index (κ3) is 3.42. The Hall–Kier alpha value is -1.84. The van der Waals surface area contributed by atoms with Crippen LogP contribution >= 0.6 is 0 Å². The Morgan fingerprint density at radius 3 is 2.60 bits per heavy atom. The van der Waals surface area contributed by atoms with E-state index in [1.54, 1.807) is 18.3 Å². The molecule has 1 aromatic carbocycles. The standard InChI is InChI=1S/C11H14N2O2/c1-13(12-8-3-9-14)10-4-6-11(15-2)7-5-10/h4-9H,3H2,1-2H3. The SMILES string of the molecule is COc1ccc(N(C)N=CCC=O)cc1. The van der Waals surface area contributed by atoms with Gasteiger partial charge in [-0.2, -0.15) is 5.10 Å². The fraction of sp³-hybridized carbons (Fsp3) is 0.273. The quantitative estimate of drug-likeness (QED) is 0.418. The molecule has 0 fully saturated rings. The normalized spacial score (nSPS) is 10.3. The van der Waals surface area contributed by atoms with Crippen molar-refractivity contribution < 1.29 is 9.53 Å². The van der Waals surface area contributed by atoms with Crippen molar-refractivity contribution in [1.82, 2.24) is 0 Å². The average Bonchev–Trinajstić information content (AvgIpc) is 2.29. The number of ether oxygens (including phenoxy) is 1. The van der Waals surface area contributed by atoms with Crippen LogP contribution in [0.1, 0.15) is 6.42 Å². The zero-order valence-electron chi connectivity index (χ0n) is 8.88. The number of benzene rings is 1. The second-order valence-electron chi connectivity index (χ2n) is 2.92. The van der Waals surface area contributed by atoms with Gasteiger partial charge in [-0.25, -0.2) is 0 Å². The molecule has 4 nitrogen and oxygen atoms in total. The van der Waals surface area contributed by atoms with Gasteiger partial charge in [-0.1, -0.05) is 0 Å². The monoisotopic (exact) mass is 206 g/mol. The molecule has 0 spiro atoms. The van der Waals surface area contributed by atoms with Crippen LogP contribution < -0.4 is 9.75 Å². The van der Waals surface area contributed by atoms with E-state index in [1.165, 1.54) is 0 Å². The minimum absolute atomic E-state index is 0.334. The van der Waals surface area contributed by atoms with E-state index < -0.39 is 0 Å². The van der Waals surface area contributed by atoms with Gasteiger partial charge in [0.1, 0.15) is 12.0 Å². The van der Waals surface area contributed by atoms with Crippen LogP contribution in [0.2, 0.25) is 0 Å². The fourth-order valence-corrected chi connectivity index (χ4v) is 1.08. The minimum atomic E-state index is 0.334. The number of nitrogens with zero attached hydrogens (tertiary/aromatic N) is 2. The molecule has 0 aromatic heterocycles. The number of anilines is 1. The highest BCUT2D eigenvalue weighted by Gasteiger charge is 1.97. The van der Waals surface area contributed by atoms with Crippen molar-refractivity contribution in [1.29, 1.82) is 0 Å². The van der Waals surface area contributed by atoms with Crippen LogP contribution in [-0.2, 0) is 4.79 Å². The van der Waals surface area contributed by atoms with E-state index in [4.69, 9.17) is 4.74 Å². The highest BCUT2D eigenvalue weighted by Crippen LogP contribution is 2.17. The molecule has 0 amide bonds. The number of hydrogen-bond acceptors (Lipinski definition) is 4. The van der Waals surface area contributed by atoms with E-state index >= 15 is 0 Å². The van der Waals surface area contributed by atoms with Crippen molar-refractivity contribution in [2.45, 2.75) is 6.42 Å². The summed E-state index contributed by atoms with van der Waals surface area (Å²) >= 11 is 0. The predicted octanol–water partition coefficient (Wildman–Crippen LogP) is 1.71. The predicted molar refractivity (Wildman–Crippen MR) is 60.6 cm³/mol. The van der Waals surface area contributed by atoms with Crippen molar-refractivity contribution in [2.24, 2.45) is 5.10 Å². The first-order valence-corrected chi connectivity index (χ1v) is 4.61. The van der Waals surface area contributed by atoms with Crippen molar-refractivity contribution in [3.8, 4) is 5.75 Å². The van der Waals surface area contributed by atoms with Gasteiger partial charge in [0.05, 0.1) is 12.8 Å². The second-order valence-corrected chi connectivity index (χ2v) is 2.92. The van der Waals surface area contributed by atoms with Crippen LogP contribution in [0.4, 0.5) is 5.69 Å². The minimum Gasteiger partial charge on any atom is -0.497 e. The molecule has 0 saturated heterocycles. The van der Waals surface area contributed by atoms with Crippen molar-refractivity contribution in [3.05, 3.63) is 24.3 Å². The molecule has 0 atom stereocenters. The summed E-state index contributed by atoms with van der Waals surface area (Å²) in [6.45, 7) is 0. The smallest absolute Gasteiger partial charge is 0.125 e. The van der Waals surface area contributed by atoms with Crippen LogP contribution in [0.15, 0.2) is 29.4 Å². The van der Waals surface area contributed by atoms with Gasteiger partial charge in [0, 0.05) is 19.7 Å². The van der Waals surface area contributed by atoms with Crippen molar-refractivity contribution in [2.75, 3.05) is 19.2 Å². The molecule has 0 radical (unpaired) electrons. The van der Waals surface area contributed by atoms with Crippen molar-refractivity contribution in [3.63, 3.8) is 0 Å². The lowest BCUT2D eigenvalue weighted by Gasteiger charge is -2.12. The number of methoxy groups -OCH3 is 1. The van der Waals surface area contributed by atoms with Crippen LogP contribution in [0.5, 0.6) is 5.75 Å². The molecule has 1 aromatic rings. The molecule has 4 heteroatoms. The molecule has 0 aliphatic rings. The molecular weight excluding hydrogens is 192 g/mol. The lowest BCUT2D eigenvalue weighted by Crippen LogP contribution is -2.08. The highest BCUT2D eigenvalue weighted by atomic mass is 16.5. The first-order chi connectivity index (χ1) is 7.27. The third-order valence-corrected chi connectivity index (χ3v) is 1.90. The van der Waals surface area contributed by atoms with Gasteiger partial charge in [-0.15, -0.1) is 0 Å². The van der Waals surface area contributed by atoms with E-state index in [-0.39, 0.29) is 0 Å². The second kappa shape index (κ2) is 5.80. The number of hydrogen-bond donors (Lipinski definition) is 0. The maximum Gasteiger partial charge on any atom is 0.125 e. The molecule has 80 valence electrons. The maximum absolute atomic E-state index is 10.1. The number of hydrazone groups is 1. The molecule has 15 heavy (non-hydrogen) atoms. The van der Waals surface area contributed by atoms with E-state index in [0.717, 1.165) is 17.7 Å². The Balaban J connectivity index is 2.65. The Morgan fingerprint density at radius 2 is 2.07 bits per heavy atom. The van der Waals surface area contributed by atoms with Gasteiger partial charge in [-0.3, -0.25) is 5.01 Å². The number of aldehydes is 1. The van der Waals surface area contributed by atoms with Gasteiger partial charge in [0.25, 0.3) is 0 Å². The zero-order chi connectivity index (χ0) is 11.1. The molecule has 0 N–H and O–H groups in total. The van der Waals surface area contributed by atoms with Crippen LogP contribution in [0, 0.1) is 0 Å². The molecule has 0 aliphatic carbocycles. The Labute approximate surface area is 89.2 Å². The lowest BCUT2D eigenvalue weighted by atomic mass is 10.3. The molecule has 0 bridgehead atoms.